The standard InChI is InChI=1S/C17H19ClN2O/c1-2-19-12-15-11-17(20-13-16(15)18)21-10-6-9-14-7-4-3-5-8-14/h3-9,11,13,19H,2,10,12H2,1H3/b9-6+. The van der Waals surface area contributed by atoms with Gasteiger partial charge in [0, 0.05) is 18.8 Å². The van der Waals surface area contributed by atoms with E-state index in [1.54, 1.807) is 6.20 Å². The van der Waals surface area contributed by atoms with E-state index in [9.17, 15) is 0 Å². The van der Waals surface area contributed by atoms with Crippen LogP contribution in [-0.2, 0) is 6.54 Å². The number of hydrogen-bond donors (Lipinski definition) is 1. The van der Waals surface area contributed by atoms with Gasteiger partial charge >= 0.3 is 0 Å². The van der Waals surface area contributed by atoms with Crippen LogP contribution in [0.4, 0.5) is 0 Å². The SMILES string of the molecule is CCNCc1cc(OC/C=C/c2ccccc2)ncc1Cl. The van der Waals surface area contributed by atoms with Gasteiger partial charge in [-0.25, -0.2) is 4.98 Å². The lowest BCUT2D eigenvalue weighted by Crippen LogP contribution is -2.12. The maximum Gasteiger partial charge on any atom is 0.213 e. The van der Waals surface area contributed by atoms with Crippen LogP contribution in [0.3, 0.4) is 0 Å². The van der Waals surface area contributed by atoms with Gasteiger partial charge in [0.05, 0.1) is 5.02 Å². The van der Waals surface area contributed by atoms with E-state index in [4.69, 9.17) is 16.3 Å². The zero-order valence-corrected chi connectivity index (χ0v) is 12.8. The van der Waals surface area contributed by atoms with Crippen molar-refractivity contribution in [3.05, 3.63) is 64.8 Å². The number of nitrogens with zero attached hydrogens (tertiary/aromatic N) is 1. The maximum absolute atomic E-state index is 6.10. The number of pyridine rings is 1. The highest BCUT2D eigenvalue weighted by Gasteiger charge is 2.03. The summed E-state index contributed by atoms with van der Waals surface area (Å²) >= 11 is 6.10. The molecule has 1 aromatic heterocycles. The maximum atomic E-state index is 6.10. The Hall–Kier alpha value is -1.84. The van der Waals surface area contributed by atoms with Crippen molar-refractivity contribution in [2.24, 2.45) is 0 Å². The Balaban J connectivity index is 1.89. The molecule has 1 N–H and O–H groups in total. The van der Waals surface area contributed by atoms with Gasteiger partial charge in [-0.15, -0.1) is 0 Å². The predicted molar refractivity (Wildman–Crippen MR) is 87.6 cm³/mol. The highest BCUT2D eigenvalue weighted by molar-refractivity contribution is 6.31. The summed E-state index contributed by atoms with van der Waals surface area (Å²) in [6.45, 7) is 4.15. The first-order valence-electron chi connectivity index (χ1n) is 6.99. The first-order valence-corrected chi connectivity index (χ1v) is 7.37. The first-order chi connectivity index (χ1) is 10.3. The van der Waals surface area contributed by atoms with Gasteiger partial charge in [-0.3, -0.25) is 0 Å². The lowest BCUT2D eigenvalue weighted by molar-refractivity contribution is 0.348. The lowest BCUT2D eigenvalue weighted by atomic mass is 10.2. The fourth-order valence-corrected chi connectivity index (χ4v) is 1.98. The van der Waals surface area contributed by atoms with Gasteiger partial charge in [-0.1, -0.05) is 54.9 Å². The van der Waals surface area contributed by atoms with E-state index in [0.717, 1.165) is 17.7 Å². The molecule has 4 heteroatoms. The monoisotopic (exact) mass is 302 g/mol. The second-order valence-electron chi connectivity index (χ2n) is 4.52. The van der Waals surface area contributed by atoms with E-state index in [1.807, 2.05) is 48.6 Å². The van der Waals surface area contributed by atoms with Gasteiger partial charge in [0.1, 0.15) is 6.61 Å². The van der Waals surface area contributed by atoms with Gasteiger partial charge in [0.25, 0.3) is 0 Å². The van der Waals surface area contributed by atoms with Crippen LogP contribution in [0, 0.1) is 0 Å². The summed E-state index contributed by atoms with van der Waals surface area (Å²) in [7, 11) is 0. The van der Waals surface area contributed by atoms with Crippen LogP contribution in [0.25, 0.3) is 6.08 Å². The summed E-state index contributed by atoms with van der Waals surface area (Å²) in [5.41, 5.74) is 2.15. The molecule has 1 heterocycles. The van der Waals surface area contributed by atoms with E-state index in [1.165, 1.54) is 0 Å². The first kappa shape index (κ1) is 15.5. The smallest absolute Gasteiger partial charge is 0.213 e. The van der Waals surface area contributed by atoms with Crippen LogP contribution in [0.15, 0.2) is 48.7 Å². The number of nitrogens with one attached hydrogen (secondary N) is 1. The molecule has 3 nitrogen and oxygen atoms in total. The zero-order chi connectivity index (χ0) is 14.9. The summed E-state index contributed by atoms with van der Waals surface area (Å²) in [6, 6.07) is 12.0. The van der Waals surface area contributed by atoms with Crippen molar-refractivity contribution in [2.75, 3.05) is 13.2 Å². The van der Waals surface area contributed by atoms with Crippen molar-refractivity contribution >= 4 is 17.7 Å². The number of rotatable bonds is 7. The molecule has 0 atom stereocenters. The molecule has 0 spiro atoms. The number of ether oxygens (including phenoxy) is 1. The van der Waals surface area contributed by atoms with E-state index in [0.29, 0.717) is 24.1 Å². The molecule has 0 unspecified atom stereocenters. The van der Waals surface area contributed by atoms with Gasteiger partial charge in [-0.05, 0) is 23.7 Å². The third-order valence-corrected chi connectivity index (χ3v) is 3.25. The Bertz CT molecular complexity index is 585. The zero-order valence-electron chi connectivity index (χ0n) is 12.1. The van der Waals surface area contributed by atoms with Gasteiger partial charge < -0.3 is 10.1 Å². The van der Waals surface area contributed by atoms with Crippen LogP contribution in [0.5, 0.6) is 5.88 Å². The minimum absolute atomic E-state index is 0.476. The van der Waals surface area contributed by atoms with Crippen LogP contribution in [-0.4, -0.2) is 18.1 Å². The Morgan fingerprint density at radius 1 is 1.29 bits per heavy atom. The van der Waals surface area contributed by atoms with Crippen molar-refractivity contribution in [3.8, 4) is 5.88 Å². The molecule has 0 fully saturated rings. The largest absolute Gasteiger partial charge is 0.473 e. The fraction of sp³-hybridized carbons (Fsp3) is 0.235. The van der Waals surface area contributed by atoms with Crippen LogP contribution in [0.2, 0.25) is 5.02 Å². The van der Waals surface area contributed by atoms with Crippen LogP contribution >= 0.6 is 11.6 Å². The molecule has 0 aliphatic heterocycles. The normalized spacial score (nSPS) is 11.0. The number of aromatic nitrogens is 1. The molecule has 0 saturated carbocycles. The minimum atomic E-state index is 0.476. The molecule has 0 saturated heterocycles. The van der Waals surface area contributed by atoms with Crippen molar-refractivity contribution in [1.29, 1.82) is 0 Å². The second kappa shape index (κ2) is 8.45. The Morgan fingerprint density at radius 2 is 2.10 bits per heavy atom. The summed E-state index contributed by atoms with van der Waals surface area (Å²) < 4.78 is 5.62. The highest BCUT2D eigenvalue weighted by atomic mass is 35.5. The van der Waals surface area contributed by atoms with Crippen molar-refractivity contribution < 1.29 is 4.74 Å². The van der Waals surface area contributed by atoms with Crippen molar-refractivity contribution in [2.45, 2.75) is 13.5 Å². The average molecular weight is 303 g/mol. The molecule has 0 aliphatic rings. The predicted octanol–water partition coefficient (Wildman–Crippen LogP) is 3.94. The molecule has 0 bridgehead atoms. The lowest BCUT2D eigenvalue weighted by Gasteiger charge is -2.07. The van der Waals surface area contributed by atoms with E-state index >= 15 is 0 Å². The van der Waals surface area contributed by atoms with Crippen LogP contribution in [0.1, 0.15) is 18.1 Å². The van der Waals surface area contributed by atoms with E-state index < -0.39 is 0 Å². The molecule has 21 heavy (non-hydrogen) atoms. The van der Waals surface area contributed by atoms with Crippen molar-refractivity contribution in [3.63, 3.8) is 0 Å². The molecule has 110 valence electrons. The van der Waals surface area contributed by atoms with Gasteiger partial charge in [-0.2, -0.15) is 0 Å². The van der Waals surface area contributed by atoms with E-state index in [-0.39, 0.29) is 0 Å². The Kier molecular flexibility index (Phi) is 6.25. The molecule has 0 radical (unpaired) electrons. The van der Waals surface area contributed by atoms with Crippen LogP contribution < -0.4 is 10.1 Å². The van der Waals surface area contributed by atoms with E-state index in [2.05, 4.69) is 17.2 Å². The third kappa shape index (κ3) is 5.21. The number of benzene rings is 1. The highest BCUT2D eigenvalue weighted by Crippen LogP contribution is 2.19. The number of halogens is 1. The second-order valence-corrected chi connectivity index (χ2v) is 4.93. The van der Waals surface area contributed by atoms with Crippen molar-refractivity contribution in [1.82, 2.24) is 10.3 Å². The van der Waals surface area contributed by atoms with Gasteiger partial charge in [0.15, 0.2) is 0 Å². The topological polar surface area (TPSA) is 34.1 Å². The summed E-state index contributed by atoms with van der Waals surface area (Å²) in [5, 5.41) is 3.90. The van der Waals surface area contributed by atoms with Gasteiger partial charge in [0.2, 0.25) is 5.88 Å². The molecular formula is C17H19ClN2O. The number of hydrogen-bond acceptors (Lipinski definition) is 3. The Morgan fingerprint density at radius 3 is 2.86 bits per heavy atom. The molecule has 2 aromatic rings. The summed E-state index contributed by atoms with van der Waals surface area (Å²) in [4.78, 5) is 4.18. The summed E-state index contributed by atoms with van der Waals surface area (Å²) in [6.07, 6.45) is 5.62. The molecule has 0 aliphatic carbocycles. The molecule has 1 aromatic carbocycles. The summed E-state index contributed by atoms with van der Waals surface area (Å²) in [5.74, 6) is 0.588. The quantitative estimate of drug-likeness (QED) is 0.841. The average Bonchev–Trinajstić information content (AvgIpc) is 2.52. The Labute approximate surface area is 130 Å². The molecule has 0 amide bonds. The fourth-order valence-electron chi connectivity index (χ4n) is 1.81. The molecular weight excluding hydrogens is 284 g/mol. The molecule has 2 rings (SSSR count). The third-order valence-electron chi connectivity index (χ3n) is 2.91. The minimum Gasteiger partial charge on any atom is -0.473 e.